The average Bonchev–Trinajstić information content (AvgIpc) is 3.29. The summed E-state index contributed by atoms with van der Waals surface area (Å²) >= 11 is 0. The Morgan fingerprint density at radius 3 is 2.81 bits per heavy atom. The zero-order valence-corrected chi connectivity index (χ0v) is 18.5. The largest absolute Gasteiger partial charge is 0.496 e. The third-order valence-electron chi connectivity index (χ3n) is 6.47. The number of hydrogen-bond acceptors (Lipinski definition) is 3. The standard InChI is InChI=1S/C27H33NO3/c1-30-25-14-6-5-13-24(25)23-12-7-11-22(19-23)20-27(16-8-18-31-27)26(29)28-17-15-21-9-3-2-4-10-21/h5-7,9,11-14,19H,2-4,8,10,15-18,20H2,1H3,(H,28,29)/t27-/m0/s1. The van der Waals surface area contributed by atoms with E-state index in [1.54, 1.807) is 7.11 Å². The van der Waals surface area contributed by atoms with Crippen LogP contribution in [0.1, 0.15) is 50.5 Å². The number of benzene rings is 2. The SMILES string of the molecule is COc1ccccc1-c1cccc(C[C@]2(C(=O)NCCC3=CCCCC3)CCCO2)c1. The number of methoxy groups -OCH3 is 1. The minimum Gasteiger partial charge on any atom is -0.496 e. The van der Waals surface area contributed by atoms with E-state index in [-0.39, 0.29) is 5.91 Å². The number of amides is 1. The molecule has 4 heteroatoms. The van der Waals surface area contributed by atoms with Crippen molar-refractivity contribution in [2.75, 3.05) is 20.3 Å². The van der Waals surface area contributed by atoms with Gasteiger partial charge in [0, 0.05) is 25.1 Å². The van der Waals surface area contributed by atoms with Crippen LogP contribution in [0, 0.1) is 0 Å². The maximum absolute atomic E-state index is 13.2. The van der Waals surface area contributed by atoms with Crippen LogP contribution in [0.4, 0.5) is 0 Å². The van der Waals surface area contributed by atoms with Crippen LogP contribution >= 0.6 is 0 Å². The molecule has 1 fully saturated rings. The molecule has 1 heterocycles. The fraction of sp³-hybridized carbons (Fsp3) is 0.444. The first kappa shape index (κ1) is 21.6. The van der Waals surface area contributed by atoms with Crippen molar-refractivity contribution in [3.05, 3.63) is 65.7 Å². The molecular formula is C27H33NO3. The molecule has 4 rings (SSSR count). The molecule has 2 aromatic rings. The molecule has 1 aliphatic heterocycles. The van der Waals surface area contributed by atoms with Crippen molar-refractivity contribution in [3.63, 3.8) is 0 Å². The highest BCUT2D eigenvalue weighted by atomic mass is 16.5. The lowest BCUT2D eigenvalue weighted by Crippen LogP contribution is -2.48. The first-order valence-corrected chi connectivity index (χ1v) is 11.5. The van der Waals surface area contributed by atoms with Gasteiger partial charge in [-0.15, -0.1) is 0 Å². The van der Waals surface area contributed by atoms with Gasteiger partial charge in [0.2, 0.25) is 0 Å². The fourth-order valence-corrected chi connectivity index (χ4v) is 4.79. The highest BCUT2D eigenvalue weighted by molar-refractivity contribution is 5.86. The van der Waals surface area contributed by atoms with Crippen molar-refractivity contribution < 1.29 is 14.3 Å². The van der Waals surface area contributed by atoms with Crippen LogP contribution in [0.3, 0.4) is 0 Å². The van der Waals surface area contributed by atoms with Gasteiger partial charge >= 0.3 is 0 Å². The van der Waals surface area contributed by atoms with Gasteiger partial charge in [-0.25, -0.2) is 0 Å². The zero-order valence-electron chi connectivity index (χ0n) is 18.5. The van der Waals surface area contributed by atoms with E-state index in [1.807, 2.05) is 24.3 Å². The molecule has 1 amide bonds. The number of para-hydroxylation sites is 1. The number of hydrogen-bond donors (Lipinski definition) is 1. The van der Waals surface area contributed by atoms with Gasteiger partial charge in [-0.2, -0.15) is 0 Å². The number of allylic oxidation sites excluding steroid dienone is 1. The predicted octanol–water partition coefficient (Wildman–Crippen LogP) is 5.46. The summed E-state index contributed by atoms with van der Waals surface area (Å²) < 4.78 is 11.6. The second-order valence-electron chi connectivity index (χ2n) is 8.64. The molecule has 164 valence electrons. The lowest BCUT2D eigenvalue weighted by molar-refractivity contribution is -0.141. The molecule has 2 aromatic carbocycles. The first-order chi connectivity index (χ1) is 15.2. The van der Waals surface area contributed by atoms with E-state index >= 15 is 0 Å². The second kappa shape index (κ2) is 10.1. The van der Waals surface area contributed by atoms with E-state index in [9.17, 15) is 4.79 Å². The van der Waals surface area contributed by atoms with Crippen molar-refractivity contribution in [1.82, 2.24) is 5.32 Å². The maximum atomic E-state index is 13.2. The van der Waals surface area contributed by atoms with Crippen LogP contribution in [-0.4, -0.2) is 31.8 Å². The van der Waals surface area contributed by atoms with Crippen LogP contribution in [-0.2, 0) is 16.0 Å². The Labute approximate surface area is 185 Å². The van der Waals surface area contributed by atoms with Crippen molar-refractivity contribution in [3.8, 4) is 16.9 Å². The quantitative estimate of drug-likeness (QED) is 0.578. The minimum absolute atomic E-state index is 0.0316. The lowest BCUT2D eigenvalue weighted by Gasteiger charge is -2.28. The summed E-state index contributed by atoms with van der Waals surface area (Å²) in [6.45, 7) is 1.34. The van der Waals surface area contributed by atoms with E-state index in [4.69, 9.17) is 9.47 Å². The molecule has 1 atom stereocenters. The molecule has 4 nitrogen and oxygen atoms in total. The van der Waals surface area contributed by atoms with Crippen LogP contribution in [0.5, 0.6) is 5.75 Å². The minimum atomic E-state index is -0.764. The lowest BCUT2D eigenvalue weighted by atomic mass is 9.89. The highest BCUT2D eigenvalue weighted by Gasteiger charge is 2.42. The molecule has 0 unspecified atom stereocenters. The molecule has 31 heavy (non-hydrogen) atoms. The van der Waals surface area contributed by atoms with Gasteiger partial charge in [0.25, 0.3) is 5.91 Å². The third-order valence-corrected chi connectivity index (χ3v) is 6.47. The number of nitrogens with one attached hydrogen (secondary N) is 1. The molecule has 1 saturated heterocycles. The van der Waals surface area contributed by atoms with Gasteiger partial charge in [-0.3, -0.25) is 4.79 Å². The van der Waals surface area contributed by atoms with Crippen LogP contribution in [0.2, 0.25) is 0 Å². The molecule has 1 aliphatic carbocycles. The molecule has 0 aromatic heterocycles. The van der Waals surface area contributed by atoms with Gasteiger partial charge in [-0.1, -0.05) is 54.1 Å². The summed E-state index contributed by atoms with van der Waals surface area (Å²) in [7, 11) is 1.69. The Balaban J connectivity index is 1.46. The Morgan fingerprint density at radius 2 is 2.03 bits per heavy atom. The Kier molecular flexibility index (Phi) is 7.08. The Bertz CT molecular complexity index is 928. The number of ether oxygens (including phenoxy) is 2. The van der Waals surface area contributed by atoms with E-state index in [2.05, 4.69) is 35.7 Å². The topological polar surface area (TPSA) is 47.6 Å². The van der Waals surface area contributed by atoms with E-state index in [1.165, 1.54) is 31.3 Å². The molecular weight excluding hydrogens is 386 g/mol. The van der Waals surface area contributed by atoms with Gasteiger partial charge < -0.3 is 14.8 Å². The summed E-state index contributed by atoms with van der Waals surface area (Å²) in [5.41, 5.74) is 3.97. The first-order valence-electron chi connectivity index (χ1n) is 11.5. The van der Waals surface area contributed by atoms with Crippen LogP contribution < -0.4 is 10.1 Å². The van der Waals surface area contributed by atoms with Gasteiger partial charge in [0.05, 0.1) is 7.11 Å². The number of carbonyl (C=O) groups is 1. The fourth-order valence-electron chi connectivity index (χ4n) is 4.79. The molecule has 0 spiro atoms. The zero-order chi connectivity index (χ0) is 21.5. The monoisotopic (exact) mass is 419 g/mol. The molecule has 1 N–H and O–H groups in total. The Hall–Kier alpha value is -2.59. The summed E-state index contributed by atoms with van der Waals surface area (Å²) in [4.78, 5) is 13.2. The van der Waals surface area contributed by atoms with Crippen molar-refractivity contribution in [2.24, 2.45) is 0 Å². The van der Waals surface area contributed by atoms with Crippen molar-refractivity contribution in [2.45, 2.75) is 57.0 Å². The van der Waals surface area contributed by atoms with Crippen molar-refractivity contribution in [1.29, 1.82) is 0 Å². The molecule has 0 radical (unpaired) electrons. The molecule has 2 aliphatic rings. The Morgan fingerprint density at radius 1 is 1.13 bits per heavy atom. The molecule has 0 bridgehead atoms. The summed E-state index contributed by atoms with van der Waals surface area (Å²) in [6, 6.07) is 16.4. The number of rotatable bonds is 8. The summed E-state index contributed by atoms with van der Waals surface area (Å²) in [6.07, 6.45) is 10.5. The second-order valence-corrected chi connectivity index (χ2v) is 8.64. The van der Waals surface area contributed by atoms with Gasteiger partial charge in [0.15, 0.2) is 5.60 Å². The van der Waals surface area contributed by atoms with E-state index in [0.29, 0.717) is 19.6 Å². The molecule has 0 saturated carbocycles. The van der Waals surface area contributed by atoms with E-state index < -0.39 is 5.60 Å². The van der Waals surface area contributed by atoms with Gasteiger partial charge in [0.1, 0.15) is 5.75 Å². The normalized spacial score (nSPS) is 20.9. The predicted molar refractivity (Wildman–Crippen MR) is 124 cm³/mol. The smallest absolute Gasteiger partial charge is 0.252 e. The van der Waals surface area contributed by atoms with Crippen LogP contribution in [0.15, 0.2) is 60.2 Å². The van der Waals surface area contributed by atoms with Gasteiger partial charge in [-0.05, 0) is 62.1 Å². The average molecular weight is 420 g/mol. The van der Waals surface area contributed by atoms with Crippen LogP contribution in [0.25, 0.3) is 11.1 Å². The highest BCUT2D eigenvalue weighted by Crippen LogP contribution is 2.34. The summed E-state index contributed by atoms with van der Waals surface area (Å²) in [5, 5.41) is 3.17. The van der Waals surface area contributed by atoms with Crippen molar-refractivity contribution >= 4 is 5.91 Å². The summed E-state index contributed by atoms with van der Waals surface area (Å²) in [5.74, 6) is 0.880. The van der Waals surface area contributed by atoms with E-state index in [0.717, 1.165) is 41.7 Å². The number of carbonyl (C=O) groups excluding carboxylic acids is 1. The third kappa shape index (κ3) is 5.19. The maximum Gasteiger partial charge on any atom is 0.252 e.